The Morgan fingerprint density at radius 1 is 1.38 bits per heavy atom. The van der Waals surface area contributed by atoms with Crippen molar-refractivity contribution in [1.82, 2.24) is 14.3 Å². The van der Waals surface area contributed by atoms with Gasteiger partial charge in [-0.2, -0.15) is 0 Å². The van der Waals surface area contributed by atoms with Crippen LogP contribution in [0, 0.1) is 5.92 Å². The first-order valence-electron chi connectivity index (χ1n) is 8.70. The lowest BCUT2D eigenvalue weighted by Gasteiger charge is -2.30. The summed E-state index contributed by atoms with van der Waals surface area (Å²) in [7, 11) is 0. The number of esters is 1. The number of likely N-dealkylation sites (tertiary alicyclic amines) is 1. The van der Waals surface area contributed by atoms with Crippen LogP contribution in [0.4, 0.5) is 5.69 Å². The molecule has 0 unspecified atom stereocenters. The zero-order valence-corrected chi connectivity index (χ0v) is 14.5. The average molecular weight is 330 g/mol. The summed E-state index contributed by atoms with van der Waals surface area (Å²) in [6, 6.07) is 3.73. The third-order valence-corrected chi connectivity index (χ3v) is 4.69. The van der Waals surface area contributed by atoms with Crippen molar-refractivity contribution in [1.29, 1.82) is 0 Å². The van der Waals surface area contributed by atoms with E-state index >= 15 is 0 Å². The Morgan fingerprint density at radius 2 is 2.12 bits per heavy atom. The third kappa shape index (κ3) is 3.70. The van der Waals surface area contributed by atoms with Gasteiger partial charge >= 0.3 is 5.97 Å². The minimum atomic E-state index is -0.234. The number of hydrogen-bond acceptors (Lipinski definition) is 5. The second kappa shape index (κ2) is 7.21. The lowest BCUT2D eigenvalue weighted by atomic mass is 9.99. The summed E-state index contributed by atoms with van der Waals surface area (Å²) in [5, 5.41) is 0. The van der Waals surface area contributed by atoms with Crippen LogP contribution in [0.25, 0.3) is 5.65 Å². The number of nitrogens with two attached hydrogens (primary N) is 1. The predicted molar refractivity (Wildman–Crippen MR) is 93.6 cm³/mol. The minimum absolute atomic E-state index is 0.203. The van der Waals surface area contributed by atoms with E-state index in [1.165, 1.54) is 12.8 Å². The summed E-state index contributed by atoms with van der Waals surface area (Å²) in [5.74, 6) is 0.556. The van der Waals surface area contributed by atoms with Crippen LogP contribution in [-0.2, 0) is 22.5 Å². The average Bonchev–Trinajstić information content (AvgIpc) is 2.87. The van der Waals surface area contributed by atoms with Gasteiger partial charge < -0.3 is 14.9 Å². The van der Waals surface area contributed by atoms with Crippen LogP contribution in [0.15, 0.2) is 18.3 Å². The van der Waals surface area contributed by atoms with Crippen molar-refractivity contribution in [2.75, 3.05) is 25.4 Å². The molecule has 1 aliphatic rings. The van der Waals surface area contributed by atoms with Gasteiger partial charge in [0.15, 0.2) is 0 Å². The van der Waals surface area contributed by atoms with Crippen molar-refractivity contribution in [2.24, 2.45) is 5.92 Å². The van der Waals surface area contributed by atoms with Crippen LogP contribution in [-0.4, -0.2) is 40.0 Å². The molecule has 1 aliphatic heterocycles. The van der Waals surface area contributed by atoms with E-state index < -0.39 is 0 Å². The van der Waals surface area contributed by atoms with E-state index in [1.54, 1.807) is 0 Å². The number of rotatable bonds is 5. The van der Waals surface area contributed by atoms with Gasteiger partial charge in [-0.15, -0.1) is 0 Å². The molecule has 1 saturated heterocycles. The highest BCUT2D eigenvalue weighted by atomic mass is 16.5. The largest absolute Gasteiger partial charge is 0.466 e. The second-order valence-electron chi connectivity index (χ2n) is 6.64. The second-order valence-corrected chi connectivity index (χ2v) is 6.64. The molecule has 3 heterocycles. The fourth-order valence-corrected chi connectivity index (χ4v) is 3.25. The zero-order chi connectivity index (χ0) is 17.1. The molecule has 2 N–H and O–H groups in total. The number of carbonyl (C=O) groups is 1. The first kappa shape index (κ1) is 16.8. The Labute approximate surface area is 142 Å². The Bertz CT molecular complexity index is 717. The van der Waals surface area contributed by atoms with Gasteiger partial charge in [-0.3, -0.25) is 9.69 Å². The Balaban J connectivity index is 1.89. The molecule has 0 atom stereocenters. The molecule has 3 rings (SSSR count). The summed E-state index contributed by atoms with van der Waals surface area (Å²) in [6.45, 7) is 7.45. The van der Waals surface area contributed by atoms with Crippen LogP contribution in [0.5, 0.6) is 0 Å². The van der Waals surface area contributed by atoms with E-state index in [0.717, 1.165) is 42.6 Å². The molecule has 6 nitrogen and oxygen atoms in total. The number of carbonyl (C=O) groups excluding carboxylic acids is 1. The molecule has 130 valence electrons. The SMILES string of the molecule is CCOC(=O)Cc1nc2ccc(N)cn2c1CN1CCC(C)CC1. The molecule has 0 aliphatic carbocycles. The summed E-state index contributed by atoms with van der Waals surface area (Å²) in [5.41, 5.74) is 9.29. The van der Waals surface area contributed by atoms with E-state index in [4.69, 9.17) is 10.5 Å². The molecule has 0 radical (unpaired) electrons. The van der Waals surface area contributed by atoms with Crippen molar-refractivity contribution < 1.29 is 9.53 Å². The van der Waals surface area contributed by atoms with Crippen LogP contribution in [0.3, 0.4) is 0 Å². The van der Waals surface area contributed by atoms with E-state index in [-0.39, 0.29) is 12.4 Å². The highest BCUT2D eigenvalue weighted by Crippen LogP contribution is 2.22. The monoisotopic (exact) mass is 330 g/mol. The van der Waals surface area contributed by atoms with Crippen molar-refractivity contribution in [3.63, 3.8) is 0 Å². The Kier molecular flexibility index (Phi) is 5.04. The maximum Gasteiger partial charge on any atom is 0.311 e. The number of hydrogen-bond donors (Lipinski definition) is 1. The molecule has 6 heteroatoms. The number of fused-ring (bicyclic) bond motifs is 1. The van der Waals surface area contributed by atoms with Gasteiger partial charge in [-0.1, -0.05) is 6.92 Å². The number of anilines is 1. The molecule has 0 aromatic carbocycles. The number of pyridine rings is 1. The van der Waals surface area contributed by atoms with Crippen molar-refractivity contribution in [3.8, 4) is 0 Å². The maximum atomic E-state index is 11.9. The van der Waals surface area contributed by atoms with Gasteiger partial charge in [0.1, 0.15) is 5.65 Å². The van der Waals surface area contributed by atoms with E-state index in [9.17, 15) is 4.79 Å². The third-order valence-electron chi connectivity index (χ3n) is 4.69. The molecule has 24 heavy (non-hydrogen) atoms. The lowest BCUT2D eigenvalue weighted by Crippen LogP contribution is -2.33. The van der Waals surface area contributed by atoms with Gasteiger partial charge in [0.2, 0.25) is 0 Å². The topological polar surface area (TPSA) is 72.9 Å². The number of piperidine rings is 1. The first-order valence-corrected chi connectivity index (χ1v) is 8.70. The molecule has 0 saturated carbocycles. The van der Waals surface area contributed by atoms with Crippen LogP contribution in [0.2, 0.25) is 0 Å². The molecular weight excluding hydrogens is 304 g/mol. The van der Waals surface area contributed by atoms with Gasteiger partial charge in [-0.25, -0.2) is 4.98 Å². The highest BCUT2D eigenvalue weighted by Gasteiger charge is 2.21. The molecular formula is C18H26N4O2. The normalized spacial score (nSPS) is 16.6. The summed E-state index contributed by atoms with van der Waals surface area (Å²) >= 11 is 0. The number of imidazole rings is 1. The van der Waals surface area contributed by atoms with Crippen molar-refractivity contribution >= 4 is 17.3 Å². The number of nitrogen functional groups attached to an aromatic ring is 1. The molecule has 2 aromatic heterocycles. The molecule has 0 amide bonds. The summed E-state index contributed by atoms with van der Waals surface area (Å²) in [4.78, 5) is 19.0. The van der Waals surface area contributed by atoms with Crippen molar-refractivity contribution in [3.05, 3.63) is 29.7 Å². The number of ether oxygens (including phenoxy) is 1. The van der Waals surface area contributed by atoms with Crippen LogP contribution in [0.1, 0.15) is 38.1 Å². The number of nitrogens with zero attached hydrogens (tertiary/aromatic N) is 3. The fourth-order valence-electron chi connectivity index (χ4n) is 3.25. The first-order chi connectivity index (χ1) is 11.6. The standard InChI is InChI=1S/C18H26N4O2/c1-3-24-18(23)10-15-16(12-21-8-6-13(2)7-9-21)22-11-14(19)4-5-17(22)20-15/h4-5,11,13H,3,6-10,12,19H2,1-2H3. The van der Waals surface area contributed by atoms with Gasteiger partial charge in [0, 0.05) is 18.4 Å². The Hall–Kier alpha value is -2.08. The Morgan fingerprint density at radius 3 is 2.83 bits per heavy atom. The molecule has 0 bridgehead atoms. The lowest BCUT2D eigenvalue weighted by molar-refractivity contribution is -0.142. The molecule has 1 fully saturated rings. The maximum absolute atomic E-state index is 11.9. The van der Waals surface area contributed by atoms with Gasteiger partial charge in [0.25, 0.3) is 0 Å². The van der Waals surface area contributed by atoms with Crippen LogP contribution < -0.4 is 5.73 Å². The van der Waals surface area contributed by atoms with Crippen molar-refractivity contribution in [2.45, 2.75) is 39.7 Å². The van der Waals surface area contributed by atoms with Gasteiger partial charge in [0.05, 0.1) is 24.4 Å². The van der Waals surface area contributed by atoms with Crippen LogP contribution >= 0.6 is 0 Å². The molecule has 0 spiro atoms. The fraction of sp³-hybridized carbons (Fsp3) is 0.556. The minimum Gasteiger partial charge on any atom is -0.466 e. The van der Waals surface area contributed by atoms with Gasteiger partial charge in [-0.05, 0) is 50.9 Å². The number of aromatic nitrogens is 2. The molecule has 2 aromatic rings. The highest BCUT2D eigenvalue weighted by molar-refractivity contribution is 5.73. The van der Waals surface area contributed by atoms with E-state index in [1.807, 2.05) is 29.7 Å². The smallest absolute Gasteiger partial charge is 0.311 e. The summed E-state index contributed by atoms with van der Waals surface area (Å²) < 4.78 is 7.11. The van der Waals surface area contributed by atoms with E-state index in [0.29, 0.717) is 12.3 Å². The summed E-state index contributed by atoms with van der Waals surface area (Å²) in [6.07, 6.45) is 4.52. The predicted octanol–water partition coefficient (Wildman–Crippen LogP) is 2.25. The zero-order valence-electron chi connectivity index (χ0n) is 14.5. The quantitative estimate of drug-likeness (QED) is 0.851. The van der Waals surface area contributed by atoms with E-state index in [2.05, 4.69) is 16.8 Å².